The van der Waals surface area contributed by atoms with Gasteiger partial charge >= 0.3 is 6.03 Å². The van der Waals surface area contributed by atoms with Crippen molar-refractivity contribution in [3.63, 3.8) is 0 Å². The number of thiophene rings is 1. The van der Waals surface area contributed by atoms with Crippen molar-refractivity contribution in [1.29, 1.82) is 0 Å². The molecule has 2 N–H and O–H groups in total. The fourth-order valence-corrected chi connectivity index (χ4v) is 3.04. The summed E-state index contributed by atoms with van der Waals surface area (Å²) in [6.07, 6.45) is 3.59. The Hall–Kier alpha value is -2.67. The molecule has 1 unspecified atom stereocenters. The molecule has 0 aliphatic rings. The van der Waals surface area contributed by atoms with Gasteiger partial charge in [-0.1, -0.05) is 12.1 Å². The predicted molar refractivity (Wildman–Crippen MR) is 91.3 cm³/mol. The van der Waals surface area contributed by atoms with Crippen LogP contribution in [-0.2, 0) is 6.54 Å². The molecule has 24 heavy (non-hydrogen) atoms. The van der Waals surface area contributed by atoms with Gasteiger partial charge in [-0.15, -0.1) is 0 Å². The van der Waals surface area contributed by atoms with E-state index in [2.05, 4.69) is 15.7 Å². The van der Waals surface area contributed by atoms with Crippen molar-refractivity contribution in [2.75, 3.05) is 6.54 Å². The van der Waals surface area contributed by atoms with Gasteiger partial charge in [0.2, 0.25) is 0 Å². The Morgan fingerprint density at radius 3 is 2.75 bits per heavy atom. The highest BCUT2D eigenvalue weighted by Gasteiger charge is 2.15. The van der Waals surface area contributed by atoms with Crippen molar-refractivity contribution in [3.8, 4) is 0 Å². The predicted octanol–water partition coefficient (Wildman–Crippen LogP) is 3.17. The van der Waals surface area contributed by atoms with Gasteiger partial charge in [-0.3, -0.25) is 4.68 Å². The van der Waals surface area contributed by atoms with Gasteiger partial charge in [0, 0.05) is 25.5 Å². The highest BCUT2D eigenvalue weighted by Crippen LogP contribution is 2.19. The molecule has 0 aliphatic carbocycles. The first-order valence-electron chi connectivity index (χ1n) is 7.50. The molecule has 7 heteroatoms. The van der Waals surface area contributed by atoms with E-state index in [1.807, 2.05) is 33.8 Å². The second-order valence-corrected chi connectivity index (χ2v) is 6.03. The quantitative estimate of drug-likeness (QED) is 0.721. The molecule has 2 amide bonds. The van der Waals surface area contributed by atoms with E-state index in [9.17, 15) is 9.18 Å². The Labute approximate surface area is 143 Å². The van der Waals surface area contributed by atoms with E-state index in [1.54, 1.807) is 29.7 Å². The summed E-state index contributed by atoms with van der Waals surface area (Å²) >= 11 is 1.61. The number of carbonyl (C=O) groups is 1. The van der Waals surface area contributed by atoms with Crippen molar-refractivity contribution in [2.24, 2.45) is 0 Å². The maximum absolute atomic E-state index is 12.9. The van der Waals surface area contributed by atoms with Crippen LogP contribution >= 0.6 is 11.3 Å². The van der Waals surface area contributed by atoms with Crippen LogP contribution in [0.4, 0.5) is 9.18 Å². The molecule has 124 valence electrons. The molecule has 0 radical (unpaired) electrons. The molecule has 3 aromatic rings. The Morgan fingerprint density at radius 2 is 2.08 bits per heavy atom. The highest BCUT2D eigenvalue weighted by atomic mass is 32.1. The summed E-state index contributed by atoms with van der Waals surface area (Å²) in [7, 11) is 0. The number of aromatic nitrogens is 2. The molecule has 0 saturated heterocycles. The molecule has 0 aliphatic heterocycles. The summed E-state index contributed by atoms with van der Waals surface area (Å²) < 4.78 is 14.7. The second kappa shape index (κ2) is 7.74. The molecule has 2 aromatic heterocycles. The molecule has 0 spiro atoms. The molecule has 0 bridgehead atoms. The minimum atomic E-state index is -0.291. The topological polar surface area (TPSA) is 59.0 Å². The van der Waals surface area contributed by atoms with E-state index in [0.29, 0.717) is 13.1 Å². The fourth-order valence-electron chi connectivity index (χ4n) is 2.33. The van der Waals surface area contributed by atoms with E-state index in [1.165, 1.54) is 12.1 Å². The van der Waals surface area contributed by atoms with Gasteiger partial charge in [-0.2, -0.15) is 16.4 Å². The van der Waals surface area contributed by atoms with E-state index in [0.717, 1.165) is 11.1 Å². The molecular weight excluding hydrogens is 327 g/mol. The molecule has 5 nitrogen and oxygen atoms in total. The van der Waals surface area contributed by atoms with Crippen molar-refractivity contribution in [3.05, 3.63) is 76.5 Å². The van der Waals surface area contributed by atoms with Crippen LogP contribution in [0.1, 0.15) is 17.2 Å². The van der Waals surface area contributed by atoms with Crippen LogP contribution in [0.5, 0.6) is 0 Å². The summed E-state index contributed by atoms with van der Waals surface area (Å²) in [4.78, 5) is 12.0. The third-order valence-corrected chi connectivity index (χ3v) is 4.30. The van der Waals surface area contributed by atoms with Crippen molar-refractivity contribution >= 4 is 17.4 Å². The van der Waals surface area contributed by atoms with Crippen molar-refractivity contribution < 1.29 is 9.18 Å². The molecule has 0 saturated carbocycles. The van der Waals surface area contributed by atoms with Crippen LogP contribution in [-0.4, -0.2) is 22.4 Å². The molecule has 2 heterocycles. The summed E-state index contributed by atoms with van der Waals surface area (Å²) in [5.41, 5.74) is 1.94. The maximum atomic E-state index is 12.9. The first kappa shape index (κ1) is 16.2. The molecule has 0 fully saturated rings. The Morgan fingerprint density at radius 1 is 1.25 bits per heavy atom. The lowest BCUT2D eigenvalue weighted by Gasteiger charge is -2.17. The van der Waals surface area contributed by atoms with Gasteiger partial charge in [-0.25, -0.2) is 9.18 Å². The largest absolute Gasteiger partial charge is 0.336 e. The lowest BCUT2D eigenvalue weighted by Crippen LogP contribution is -2.38. The molecule has 3 rings (SSSR count). The molecular formula is C17H17FN4OS. The number of carbonyl (C=O) groups excluding carboxylic acids is 1. The molecule has 1 atom stereocenters. The maximum Gasteiger partial charge on any atom is 0.315 e. The number of nitrogens with one attached hydrogen (secondary N) is 2. The fraction of sp³-hybridized carbons (Fsp3) is 0.176. The molecule has 1 aromatic carbocycles. The van der Waals surface area contributed by atoms with Crippen LogP contribution < -0.4 is 10.6 Å². The highest BCUT2D eigenvalue weighted by molar-refractivity contribution is 7.07. The van der Waals surface area contributed by atoms with Crippen LogP contribution in [0.25, 0.3) is 0 Å². The number of benzene rings is 1. The smallest absolute Gasteiger partial charge is 0.315 e. The summed E-state index contributed by atoms with van der Waals surface area (Å²) in [5, 5.41) is 13.9. The zero-order valence-corrected chi connectivity index (χ0v) is 13.7. The standard InChI is InChI=1S/C17H17FN4OS/c18-15-4-2-13(3-5-15)10-19-17(23)20-11-16(14-6-9-24-12-14)22-8-1-7-21-22/h1-9,12,16H,10-11H2,(H2,19,20,23). The Kier molecular flexibility index (Phi) is 5.22. The van der Waals surface area contributed by atoms with Crippen molar-refractivity contribution in [1.82, 2.24) is 20.4 Å². The lowest BCUT2D eigenvalue weighted by atomic mass is 10.1. The first-order valence-corrected chi connectivity index (χ1v) is 8.44. The zero-order chi connectivity index (χ0) is 16.8. The van der Waals surface area contributed by atoms with Crippen LogP contribution in [0.3, 0.4) is 0 Å². The number of amides is 2. The van der Waals surface area contributed by atoms with Crippen molar-refractivity contribution in [2.45, 2.75) is 12.6 Å². The summed E-state index contributed by atoms with van der Waals surface area (Å²) in [6.45, 7) is 0.769. The van der Waals surface area contributed by atoms with E-state index < -0.39 is 0 Å². The number of halogens is 1. The first-order chi connectivity index (χ1) is 11.7. The van der Waals surface area contributed by atoms with Gasteiger partial charge in [-0.05, 0) is 46.2 Å². The number of hydrogen-bond donors (Lipinski definition) is 2. The average Bonchev–Trinajstić information content (AvgIpc) is 3.29. The third-order valence-electron chi connectivity index (χ3n) is 3.59. The van der Waals surface area contributed by atoms with Gasteiger partial charge in [0.15, 0.2) is 0 Å². The normalized spacial score (nSPS) is 11.9. The number of nitrogens with zero attached hydrogens (tertiary/aromatic N) is 2. The lowest BCUT2D eigenvalue weighted by molar-refractivity contribution is 0.239. The van der Waals surface area contributed by atoms with E-state index in [4.69, 9.17) is 0 Å². The number of urea groups is 1. The number of rotatable bonds is 6. The van der Waals surface area contributed by atoms with Gasteiger partial charge in [0.05, 0.1) is 6.04 Å². The number of hydrogen-bond acceptors (Lipinski definition) is 3. The Balaban J connectivity index is 1.54. The average molecular weight is 344 g/mol. The van der Waals surface area contributed by atoms with Gasteiger partial charge in [0.1, 0.15) is 5.82 Å². The zero-order valence-electron chi connectivity index (χ0n) is 12.9. The second-order valence-electron chi connectivity index (χ2n) is 5.25. The monoisotopic (exact) mass is 344 g/mol. The minimum absolute atomic E-state index is 0.0529. The van der Waals surface area contributed by atoms with Crippen LogP contribution in [0, 0.1) is 5.82 Å². The SMILES string of the molecule is O=C(NCc1ccc(F)cc1)NCC(c1ccsc1)n1cccn1. The van der Waals surface area contributed by atoms with Crippen LogP contribution in [0.2, 0.25) is 0 Å². The summed E-state index contributed by atoms with van der Waals surface area (Å²) in [6, 6.07) is 9.59. The third kappa shape index (κ3) is 4.20. The minimum Gasteiger partial charge on any atom is -0.336 e. The summed E-state index contributed by atoms with van der Waals surface area (Å²) in [5.74, 6) is -0.291. The van der Waals surface area contributed by atoms with E-state index >= 15 is 0 Å². The van der Waals surface area contributed by atoms with E-state index in [-0.39, 0.29) is 17.9 Å². The Bertz CT molecular complexity index is 722. The van der Waals surface area contributed by atoms with Gasteiger partial charge < -0.3 is 10.6 Å². The van der Waals surface area contributed by atoms with Crippen LogP contribution in [0.15, 0.2) is 59.6 Å². The van der Waals surface area contributed by atoms with Gasteiger partial charge in [0.25, 0.3) is 0 Å².